The van der Waals surface area contributed by atoms with Crippen molar-refractivity contribution in [3.63, 3.8) is 0 Å². The Bertz CT molecular complexity index is 151. The van der Waals surface area contributed by atoms with Gasteiger partial charge in [-0.15, -0.1) is 0 Å². The Labute approximate surface area is 95.0 Å². The highest BCUT2D eigenvalue weighted by atomic mass is 14.9. The first-order chi connectivity index (χ1) is 7.31. The lowest BCUT2D eigenvalue weighted by molar-refractivity contribution is 0.272. The van der Waals surface area contributed by atoms with Crippen molar-refractivity contribution in [1.82, 2.24) is 5.32 Å². The molecule has 2 nitrogen and oxygen atoms in total. The van der Waals surface area contributed by atoms with Crippen LogP contribution in [0.5, 0.6) is 0 Å². The number of nitrogens with one attached hydrogen (secondary N) is 1. The van der Waals surface area contributed by atoms with Gasteiger partial charge < -0.3 is 11.1 Å². The molecule has 0 radical (unpaired) electrons. The van der Waals surface area contributed by atoms with Gasteiger partial charge in [-0.1, -0.05) is 46.0 Å². The van der Waals surface area contributed by atoms with E-state index in [0.717, 1.165) is 18.4 Å². The highest BCUT2D eigenvalue weighted by Crippen LogP contribution is 2.28. The predicted molar refractivity (Wildman–Crippen MR) is 66.9 cm³/mol. The van der Waals surface area contributed by atoms with Crippen LogP contribution in [-0.4, -0.2) is 19.1 Å². The summed E-state index contributed by atoms with van der Waals surface area (Å²) in [5.41, 5.74) is 5.83. The van der Waals surface area contributed by atoms with Gasteiger partial charge >= 0.3 is 0 Å². The fraction of sp³-hybridized carbons (Fsp3) is 1.00. The summed E-state index contributed by atoms with van der Waals surface area (Å²) in [6, 6.07) is 0.542. The maximum Gasteiger partial charge on any atom is 0.0218 e. The zero-order valence-corrected chi connectivity index (χ0v) is 10.5. The van der Waals surface area contributed by atoms with Gasteiger partial charge in [-0.2, -0.15) is 0 Å². The molecule has 0 aliphatic heterocycles. The lowest BCUT2D eigenvalue weighted by Gasteiger charge is -2.29. The number of hydrogen-bond acceptors (Lipinski definition) is 2. The van der Waals surface area contributed by atoms with Gasteiger partial charge in [0, 0.05) is 12.6 Å². The zero-order valence-electron chi connectivity index (χ0n) is 10.5. The predicted octanol–water partition coefficient (Wildman–Crippen LogP) is 2.53. The van der Waals surface area contributed by atoms with Crippen molar-refractivity contribution < 1.29 is 0 Å². The molecular weight excluding hydrogens is 184 g/mol. The molecule has 0 heterocycles. The lowest BCUT2D eigenvalue weighted by atomic mass is 9.83. The van der Waals surface area contributed by atoms with E-state index in [1.807, 2.05) is 0 Å². The number of nitrogens with two attached hydrogens (primary N) is 1. The van der Waals surface area contributed by atoms with Crippen LogP contribution in [0.2, 0.25) is 0 Å². The highest BCUT2D eigenvalue weighted by Gasteiger charge is 2.19. The second kappa shape index (κ2) is 7.24. The van der Waals surface area contributed by atoms with E-state index >= 15 is 0 Å². The smallest absolute Gasteiger partial charge is 0.0218 e. The molecule has 0 aromatic rings. The molecule has 1 unspecified atom stereocenters. The average Bonchev–Trinajstić information content (AvgIpc) is 2.20. The summed E-state index contributed by atoms with van der Waals surface area (Å²) in [4.78, 5) is 0. The Morgan fingerprint density at radius 3 is 2.33 bits per heavy atom. The van der Waals surface area contributed by atoms with Crippen LogP contribution in [0.15, 0.2) is 0 Å². The molecule has 3 N–H and O–H groups in total. The summed E-state index contributed by atoms with van der Waals surface area (Å²) >= 11 is 0. The fourth-order valence-electron chi connectivity index (χ4n) is 2.55. The zero-order chi connectivity index (χ0) is 11.1. The molecule has 0 spiro atoms. The molecule has 0 aromatic heterocycles. The van der Waals surface area contributed by atoms with E-state index in [0.29, 0.717) is 6.04 Å². The summed E-state index contributed by atoms with van der Waals surface area (Å²) in [6.45, 7) is 6.49. The van der Waals surface area contributed by atoms with Gasteiger partial charge in [-0.3, -0.25) is 0 Å². The summed E-state index contributed by atoms with van der Waals surface area (Å²) in [6.07, 6.45) is 8.22. The van der Waals surface area contributed by atoms with Crippen LogP contribution in [0.3, 0.4) is 0 Å². The minimum atomic E-state index is 0.542. The topological polar surface area (TPSA) is 38.0 Å². The SMILES string of the molecule is CCC(CC)C(CN)NCCC1CCC1. The van der Waals surface area contributed by atoms with E-state index in [2.05, 4.69) is 19.2 Å². The maximum absolute atomic E-state index is 5.83. The standard InChI is InChI=1S/C13H28N2/c1-3-12(4-2)13(10-14)15-9-8-11-6-5-7-11/h11-13,15H,3-10,14H2,1-2H3. The Hall–Kier alpha value is -0.0800. The van der Waals surface area contributed by atoms with Crippen molar-refractivity contribution in [3.05, 3.63) is 0 Å². The van der Waals surface area contributed by atoms with Crippen molar-refractivity contribution in [2.45, 2.75) is 58.4 Å². The summed E-state index contributed by atoms with van der Waals surface area (Å²) in [7, 11) is 0. The normalized spacial score (nSPS) is 19.2. The molecule has 0 saturated heterocycles. The van der Waals surface area contributed by atoms with Crippen LogP contribution in [0, 0.1) is 11.8 Å². The number of rotatable bonds is 8. The Morgan fingerprint density at radius 2 is 1.93 bits per heavy atom. The van der Waals surface area contributed by atoms with Crippen LogP contribution in [0.1, 0.15) is 52.4 Å². The molecule has 1 aliphatic carbocycles. The molecule has 1 rings (SSSR count). The van der Waals surface area contributed by atoms with Crippen molar-refractivity contribution in [1.29, 1.82) is 0 Å². The monoisotopic (exact) mass is 212 g/mol. The Morgan fingerprint density at radius 1 is 1.27 bits per heavy atom. The quantitative estimate of drug-likeness (QED) is 0.649. The molecule has 1 saturated carbocycles. The van der Waals surface area contributed by atoms with Gasteiger partial charge in [0.25, 0.3) is 0 Å². The molecule has 90 valence electrons. The Balaban J connectivity index is 2.13. The minimum absolute atomic E-state index is 0.542. The van der Waals surface area contributed by atoms with Gasteiger partial charge in [-0.25, -0.2) is 0 Å². The van der Waals surface area contributed by atoms with E-state index in [-0.39, 0.29) is 0 Å². The summed E-state index contributed by atoms with van der Waals surface area (Å²) < 4.78 is 0. The van der Waals surface area contributed by atoms with E-state index in [9.17, 15) is 0 Å². The van der Waals surface area contributed by atoms with Crippen LogP contribution in [0.4, 0.5) is 0 Å². The summed E-state index contributed by atoms with van der Waals surface area (Å²) in [5, 5.41) is 3.65. The van der Waals surface area contributed by atoms with Crippen LogP contribution >= 0.6 is 0 Å². The molecule has 1 fully saturated rings. The molecular formula is C13H28N2. The van der Waals surface area contributed by atoms with E-state index in [1.165, 1.54) is 45.1 Å². The largest absolute Gasteiger partial charge is 0.329 e. The van der Waals surface area contributed by atoms with E-state index < -0.39 is 0 Å². The molecule has 0 aromatic carbocycles. The highest BCUT2D eigenvalue weighted by molar-refractivity contribution is 4.77. The van der Waals surface area contributed by atoms with Gasteiger partial charge in [0.1, 0.15) is 0 Å². The van der Waals surface area contributed by atoms with Gasteiger partial charge in [0.15, 0.2) is 0 Å². The lowest BCUT2D eigenvalue weighted by Crippen LogP contribution is -2.42. The van der Waals surface area contributed by atoms with E-state index in [4.69, 9.17) is 5.73 Å². The Kier molecular flexibility index (Phi) is 6.26. The molecule has 0 amide bonds. The van der Waals surface area contributed by atoms with Crippen LogP contribution in [-0.2, 0) is 0 Å². The first kappa shape index (κ1) is 13.0. The van der Waals surface area contributed by atoms with Gasteiger partial charge in [0.2, 0.25) is 0 Å². The molecule has 15 heavy (non-hydrogen) atoms. The third-order valence-corrected chi connectivity index (χ3v) is 4.06. The molecule has 1 aliphatic rings. The minimum Gasteiger partial charge on any atom is -0.329 e. The van der Waals surface area contributed by atoms with Gasteiger partial charge in [-0.05, 0) is 24.8 Å². The van der Waals surface area contributed by atoms with Crippen molar-refractivity contribution >= 4 is 0 Å². The second-order valence-corrected chi connectivity index (χ2v) is 4.96. The van der Waals surface area contributed by atoms with Crippen LogP contribution in [0.25, 0.3) is 0 Å². The molecule has 0 bridgehead atoms. The first-order valence-corrected chi connectivity index (χ1v) is 6.75. The van der Waals surface area contributed by atoms with E-state index in [1.54, 1.807) is 0 Å². The third-order valence-electron chi connectivity index (χ3n) is 4.06. The van der Waals surface area contributed by atoms with Crippen molar-refractivity contribution in [2.75, 3.05) is 13.1 Å². The van der Waals surface area contributed by atoms with Gasteiger partial charge in [0.05, 0.1) is 0 Å². The second-order valence-electron chi connectivity index (χ2n) is 4.96. The maximum atomic E-state index is 5.83. The van der Waals surface area contributed by atoms with Crippen molar-refractivity contribution in [3.8, 4) is 0 Å². The van der Waals surface area contributed by atoms with Crippen molar-refractivity contribution in [2.24, 2.45) is 17.6 Å². The average molecular weight is 212 g/mol. The van der Waals surface area contributed by atoms with Crippen LogP contribution < -0.4 is 11.1 Å². The summed E-state index contributed by atoms with van der Waals surface area (Å²) in [5.74, 6) is 1.77. The first-order valence-electron chi connectivity index (χ1n) is 6.75. The molecule has 1 atom stereocenters. The number of hydrogen-bond donors (Lipinski definition) is 2. The third kappa shape index (κ3) is 4.12. The molecule has 2 heteroatoms. The fourth-order valence-corrected chi connectivity index (χ4v) is 2.55.